The molecule has 0 spiro atoms. The molecule has 17 heavy (non-hydrogen) atoms. The van der Waals surface area contributed by atoms with Gasteiger partial charge in [0.15, 0.2) is 0 Å². The van der Waals surface area contributed by atoms with Crippen molar-refractivity contribution in [3.8, 4) is 0 Å². The maximum Gasteiger partial charge on any atom is 0.248 e. The van der Waals surface area contributed by atoms with Crippen molar-refractivity contribution in [3.05, 3.63) is 5.82 Å². The van der Waals surface area contributed by atoms with Crippen LogP contribution in [0.4, 0.5) is 5.95 Å². The quantitative estimate of drug-likeness (QED) is 0.846. The third-order valence-electron chi connectivity index (χ3n) is 2.34. The largest absolute Gasteiger partial charge is 0.293 e. The molecule has 1 aromatic rings. The van der Waals surface area contributed by atoms with Gasteiger partial charge in [-0.05, 0) is 24.7 Å². The van der Waals surface area contributed by atoms with Crippen molar-refractivity contribution in [2.45, 2.75) is 47.5 Å². The molecule has 0 aliphatic rings. The average Bonchev–Trinajstić information content (AvgIpc) is 2.46. The Hall–Kier alpha value is -1.39. The first kappa shape index (κ1) is 13.7. The highest BCUT2D eigenvalue weighted by molar-refractivity contribution is 5.88. The molecule has 1 atom stereocenters. The van der Waals surface area contributed by atoms with E-state index in [1.165, 1.54) is 0 Å². The summed E-state index contributed by atoms with van der Waals surface area (Å²) in [7, 11) is 0. The summed E-state index contributed by atoms with van der Waals surface area (Å²) in [6.07, 6.45) is 1.53. The van der Waals surface area contributed by atoms with Crippen molar-refractivity contribution in [2.75, 3.05) is 5.32 Å². The van der Waals surface area contributed by atoms with E-state index in [-0.39, 0.29) is 11.3 Å². The van der Waals surface area contributed by atoms with E-state index in [2.05, 4.69) is 48.2 Å². The number of amides is 1. The first-order valence-corrected chi connectivity index (χ1v) is 5.95. The van der Waals surface area contributed by atoms with Crippen LogP contribution in [0.1, 0.15) is 46.4 Å². The van der Waals surface area contributed by atoms with Gasteiger partial charge in [-0.25, -0.2) is 0 Å². The Labute approximate surface area is 102 Å². The van der Waals surface area contributed by atoms with Gasteiger partial charge in [-0.3, -0.25) is 15.2 Å². The summed E-state index contributed by atoms with van der Waals surface area (Å²) < 4.78 is 0. The van der Waals surface area contributed by atoms with E-state index >= 15 is 0 Å². The Bertz CT molecular complexity index is 378. The maximum atomic E-state index is 11.7. The highest BCUT2D eigenvalue weighted by Gasteiger charge is 2.18. The summed E-state index contributed by atoms with van der Waals surface area (Å²) in [6, 6.07) is 0. The number of anilines is 1. The number of aromatic nitrogens is 3. The molecule has 0 saturated heterocycles. The van der Waals surface area contributed by atoms with Crippen molar-refractivity contribution in [1.82, 2.24) is 15.2 Å². The zero-order chi connectivity index (χ0) is 13.1. The van der Waals surface area contributed by atoms with Gasteiger partial charge in [-0.15, -0.1) is 5.10 Å². The first-order valence-electron chi connectivity index (χ1n) is 5.95. The van der Waals surface area contributed by atoms with Gasteiger partial charge in [0.05, 0.1) is 0 Å². The van der Waals surface area contributed by atoms with Gasteiger partial charge in [0.2, 0.25) is 11.9 Å². The number of carbonyl (C=O) groups excluding carboxylic acids is 1. The van der Waals surface area contributed by atoms with E-state index in [4.69, 9.17) is 0 Å². The third-order valence-corrected chi connectivity index (χ3v) is 2.34. The number of nitrogens with one attached hydrogen (secondary N) is 2. The average molecular weight is 238 g/mol. The fourth-order valence-corrected chi connectivity index (χ4v) is 2.01. The molecule has 0 bridgehead atoms. The smallest absolute Gasteiger partial charge is 0.248 e. The number of carbonyl (C=O) groups is 1. The van der Waals surface area contributed by atoms with Crippen LogP contribution in [0.3, 0.4) is 0 Å². The molecule has 0 radical (unpaired) electrons. The number of H-pyrrole nitrogens is 1. The zero-order valence-electron chi connectivity index (χ0n) is 11.3. The lowest BCUT2D eigenvalue weighted by Crippen LogP contribution is -2.19. The van der Waals surface area contributed by atoms with Gasteiger partial charge < -0.3 is 0 Å². The van der Waals surface area contributed by atoms with Crippen molar-refractivity contribution in [3.63, 3.8) is 0 Å². The Morgan fingerprint density at radius 1 is 1.47 bits per heavy atom. The summed E-state index contributed by atoms with van der Waals surface area (Å²) in [5.74, 6) is 1.38. The van der Waals surface area contributed by atoms with Gasteiger partial charge in [-0.2, -0.15) is 4.98 Å². The van der Waals surface area contributed by atoms with Gasteiger partial charge in [0, 0.05) is 6.42 Å². The lowest BCUT2D eigenvalue weighted by atomic mass is 9.84. The molecule has 96 valence electrons. The van der Waals surface area contributed by atoms with Crippen LogP contribution in [-0.4, -0.2) is 21.1 Å². The Kier molecular flexibility index (Phi) is 4.26. The van der Waals surface area contributed by atoms with E-state index in [1.807, 2.05) is 0 Å². The monoisotopic (exact) mass is 238 g/mol. The number of aromatic amines is 1. The van der Waals surface area contributed by atoms with Crippen LogP contribution < -0.4 is 5.32 Å². The minimum absolute atomic E-state index is 0.0271. The summed E-state index contributed by atoms with van der Waals surface area (Å²) in [5.41, 5.74) is 0.251. The zero-order valence-corrected chi connectivity index (χ0v) is 11.3. The van der Waals surface area contributed by atoms with Crippen molar-refractivity contribution in [1.29, 1.82) is 0 Å². The Morgan fingerprint density at radius 2 is 2.12 bits per heavy atom. The van der Waals surface area contributed by atoms with E-state index in [0.717, 1.165) is 6.42 Å². The lowest BCUT2D eigenvalue weighted by molar-refractivity contribution is -0.117. The summed E-state index contributed by atoms with van der Waals surface area (Å²) in [4.78, 5) is 15.7. The highest BCUT2D eigenvalue weighted by Crippen LogP contribution is 2.25. The van der Waals surface area contributed by atoms with Crippen molar-refractivity contribution in [2.24, 2.45) is 11.3 Å². The number of rotatable bonds is 4. The van der Waals surface area contributed by atoms with E-state index in [1.54, 1.807) is 6.92 Å². The SMILES string of the molecule is Cc1nc(NC(=O)CC(C)CC(C)(C)C)n[nH]1. The second kappa shape index (κ2) is 5.29. The molecule has 0 aliphatic heterocycles. The second-order valence-corrected chi connectivity index (χ2v) is 5.87. The van der Waals surface area contributed by atoms with Crippen LogP contribution in [0.25, 0.3) is 0 Å². The second-order valence-electron chi connectivity index (χ2n) is 5.87. The molecule has 0 aliphatic carbocycles. The van der Waals surface area contributed by atoms with Crippen LogP contribution >= 0.6 is 0 Å². The lowest BCUT2D eigenvalue weighted by Gasteiger charge is -2.22. The molecular weight excluding hydrogens is 216 g/mol. The third kappa shape index (κ3) is 5.47. The molecule has 0 saturated carbocycles. The molecule has 0 fully saturated rings. The minimum Gasteiger partial charge on any atom is -0.293 e. The fraction of sp³-hybridized carbons (Fsp3) is 0.750. The summed E-state index contributed by atoms with van der Waals surface area (Å²) in [6.45, 7) is 10.4. The predicted octanol–water partition coefficient (Wildman–Crippen LogP) is 2.51. The van der Waals surface area contributed by atoms with Crippen molar-refractivity contribution < 1.29 is 4.79 Å². The van der Waals surface area contributed by atoms with Crippen LogP contribution in [0.5, 0.6) is 0 Å². The van der Waals surface area contributed by atoms with Gasteiger partial charge in [0.25, 0.3) is 0 Å². The normalized spacial score (nSPS) is 13.5. The fourth-order valence-electron chi connectivity index (χ4n) is 2.01. The first-order chi connectivity index (χ1) is 7.76. The maximum absolute atomic E-state index is 11.7. The molecular formula is C12H22N4O. The highest BCUT2D eigenvalue weighted by atomic mass is 16.1. The molecule has 5 heteroatoms. The Balaban J connectivity index is 2.39. The predicted molar refractivity (Wildman–Crippen MR) is 67.6 cm³/mol. The minimum atomic E-state index is -0.0271. The van der Waals surface area contributed by atoms with Gasteiger partial charge >= 0.3 is 0 Å². The van der Waals surface area contributed by atoms with E-state index in [9.17, 15) is 4.79 Å². The van der Waals surface area contributed by atoms with Crippen molar-refractivity contribution >= 4 is 11.9 Å². The number of aryl methyl sites for hydroxylation is 1. The van der Waals surface area contributed by atoms with Crippen LogP contribution in [-0.2, 0) is 4.79 Å². The molecule has 1 heterocycles. The Morgan fingerprint density at radius 3 is 2.59 bits per heavy atom. The summed E-state index contributed by atoms with van der Waals surface area (Å²) in [5, 5.41) is 9.25. The molecule has 5 nitrogen and oxygen atoms in total. The molecule has 1 unspecified atom stereocenters. The van der Waals surface area contributed by atoms with Crippen LogP contribution in [0.15, 0.2) is 0 Å². The topological polar surface area (TPSA) is 70.7 Å². The molecule has 1 aromatic heterocycles. The van der Waals surface area contributed by atoms with Gasteiger partial charge in [-0.1, -0.05) is 27.7 Å². The van der Waals surface area contributed by atoms with E-state index in [0.29, 0.717) is 24.1 Å². The van der Waals surface area contributed by atoms with Crippen LogP contribution in [0, 0.1) is 18.3 Å². The number of nitrogens with zero attached hydrogens (tertiary/aromatic N) is 2. The van der Waals surface area contributed by atoms with Crippen LogP contribution in [0.2, 0.25) is 0 Å². The molecule has 2 N–H and O–H groups in total. The molecule has 1 rings (SSSR count). The number of hydrogen-bond acceptors (Lipinski definition) is 3. The number of hydrogen-bond donors (Lipinski definition) is 2. The molecule has 1 amide bonds. The van der Waals surface area contributed by atoms with Gasteiger partial charge in [0.1, 0.15) is 5.82 Å². The van der Waals surface area contributed by atoms with E-state index < -0.39 is 0 Å². The molecule has 0 aromatic carbocycles. The standard InChI is InChI=1S/C12H22N4O/c1-8(7-12(3,4)5)6-10(17)14-11-13-9(2)15-16-11/h8H,6-7H2,1-5H3,(H2,13,14,15,16,17). The summed E-state index contributed by atoms with van der Waals surface area (Å²) >= 11 is 0.